The first kappa shape index (κ1) is 12.1. The van der Waals surface area contributed by atoms with Crippen LogP contribution >= 0.6 is 0 Å². The van der Waals surface area contributed by atoms with Crippen molar-refractivity contribution in [3.63, 3.8) is 0 Å². The number of aliphatic hydroxyl groups is 1. The lowest BCUT2D eigenvalue weighted by atomic mass is 10.2. The fraction of sp³-hybridized carbons (Fsp3) is 0.231. The van der Waals surface area contributed by atoms with E-state index in [0.717, 1.165) is 5.56 Å². The van der Waals surface area contributed by atoms with Crippen LogP contribution in [0.2, 0.25) is 0 Å². The van der Waals surface area contributed by atoms with Crippen LogP contribution in [0.5, 0.6) is 11.6 Å². The summed E-state index contributed by atoms with van der Waals surface area (Å²) in [6, 6.07) is 9.11. The molecule has 0 aliphatic rings. The number of rotatable bonds is 3. The van der Waals surface area contributed by atoms with E-state index >= 15 is 0 Å². The van der Waals surface area contributed by atoms with Crippen LogP contribution in [0, 0.1) is 18.3 Å². The molecule has 0 aliphatic carbocycles. The van der Waals surface area contributed by atoms with E-state index in [0.29, 0.717) is 22.9 Å². The predicted molar refractivity (Wildman–Crippen MR) is 65.1 cm³/mol. The highest BCUT2D eigenvalue weighted by Crippen LogP contribution is 2.26. The molecule has 18 heavy (non-hydrogen) atoms. The second-order valence-corrected chi connectivity index (χ2v) is 3.91. The second-order valence-electron chi connectivity index (χ2n) is 3.91. The fourth-order valence-corrected chi connectivity index (χ4v) is 1.66. The minimum atomic E-state index is -0.00541. The van der Waals surface area contributed by atoms with Crippen LogP contribution in [0.15, 0.2) is 24.3 Å². The Labute approximate surface area is 105 Å². The molecule has 0 fully saturated rings. The highest BCUT2D eigenvalue weighted by Gasteiger charge is 2.14. The Bertz CT molecular complexity index is 594. The number of ether oxygens (including phenoxy) is 1. The summed E-state index contributed by atoms with van der Waals surface area (Å²) in [5, 5.41) is 22.1. The average molecular weight is 243 g/mol. The number of aliphatic hydroxyl groups excluding tert-OH is 1. The molecule has 0 bridgehead atoms. The first-order valence-corrected chi connectivity index (χ1v) is 5.47. The molecule has 0 radical (unpaired) electrons. The zero-order valence-corrected chi connectivity index (χ0v) is 10.2. The van der Waals surface area contributed by atoms with E-state index in [1.165, 1.54) is 4.68 Å². The highest BCUT2D eigenvalue weighted by atomic mass is 16.5. The largest absolute Gasteiger partial charge is 0.438 e. The zero-order valence-electron chi connectivity index (χ0n) is 10.2. The molecule has 0 aliphatic heterocycles. The third-order valence-corrected chi connectivity index (χ3v) is 2.60. The molecule has 0 saturated heterocycles. The van der Waals surface area contributed by atoms with Crippen LogP contribution in [0.3, 0.4) is 0 Å². The number of nitriles is 1. The third-order valence-electron chi connectivity index (χ3n) is 2.60. The Hall–Kier alpha value is -2.32. The van der Waals surface area contributed by atoms with E-state index in [1.54, 1.807) is 38.2 Å². The molecule has 0 atom stereocenters. The molecule has 1 aromatic carbocycles. The van der Waals surface area contributed by atoms with Crippen molar-refractivity contribution < 1.29 is 9.84 Å². The molecule has 2 rings (SSSR count). The predicted octanol–water partition coefficient (Wildman–Crippen LogP) is 1.88. The van der Waals surface area contributed by atoms with Crippen molar-refractivity contribution in [1.82, 2.24) is 9.78 Å². The van der Waals surface area contributed by atoms with Crippen LogP contribution in [0.4, 0.5) is 0 Å². The van der Waals surface area contributed by atoms with Gasteiger partial charge in [0.15, 0.2) is 0 Å². The van der Waals surface area contributed by atoms with Gasteiger partial charge >= 0.3 is 0 Å². The summed E-state index contributed by atoms with van der Waals surface area (Å²) in [7, 11) is 1.73. The van der Waals surface area contributed by atoms with E-state index in [4.69, 9.17) is 15.1 Å². The van der Waals surface area contributed by atoms with Crippen molar-refractivity contribution in [2.75, 3.05) is 0 Å². The summed E-state index contributed by atoms with van der Waals surface area (Å²) in [6.45, 7) is 1.76. The fourth-order valence-electron chi connectivity index (χ4n) is 1.66. The van der Waals surface area contributed by atoms with Gasteiger partial charge in [-0.3, -0.25) is 0 Å². The molecule has 92 valence electrons. The molecule has 0 unspecified atom stereocenters. The molecule has 0 amide bonds. The Morgan fingerprint density at radius 1 is 1.39 bits per heavy atom. The van der Waals surface area contributed by atoms with Gasteiger partial charge in [0.25, 0.3) is 0 Å². The summed E-state index contributed by atoms with van der Waals surface area (Å²) < 4.78 is 7.18. The minimum absolute atomic E-state index is 0.00541. The molecule has 5 heteroatoms. The van der Waals surface area contributed by atoms with Gasteiger partial charge in [-0.25, -0.2) is 4.68 Å². The maximum absolute atomic E-state index is 9.06. The Balaban J connectivity index is 2.31. The zero-order chi connectivity index (χ0) is 13.1. The molecule has 1 aromatic heterocycles. The number of hydrogen-bond acceptors (Lipinski definition) is 4. The van der Waals surface area contributed by atoms with E-state index in [2.05, 4.69) is 11.2 Å². The van der Waals surface area contributed by atoms with E-state index in [9.17, 15) is 0 Å². The first-order chi connectivity index (χ1) is 8.65. The van der Waals surface area contributed by atoms with Crippen molar-refractivity contribution in [3.05, 3.63) is 41.1 Å². The normalized spacial score (nSPS) is 10.1. The minimum Gasteiger partial charge on any atom is -0.438 e. The van der Waals surface area contributed by atoms with Gasteiger partial charge in [-0.05, 0) is 24.6 Å². The van der Waals surface area contributed by atoms with Gasteiger partial charge in [-0.1, -0.05) is 12.1 Å². The van der Waals surface area contributed by atoms with Gasteiger partial charge in [0.2, 0.25) is 5.88 Å². The van der Waals surface area contributed by atoms with Gasteiger partial charge < -0.3 is 9.84 Å². The van der Waals surface area contributed by atoms with Gasteiger partial charge in [-0.2, -0.15) is 10.4 Å². The van der Waals surface area contributed by atoms with Crippen LogP contribution < -0.4 is 4.74 Å². The maximum atomic E-state index is 9.06. The van der Waals surface area contributed by atoms with E-state index in [1.807, 2.05) is 0 Å². The van der Waals surface area contributed by atoms with Crippen LogP contribution in [-0.4, -0.2) is 14.9 Å². The molecular formula is C13H13N3O2. The number of nitrogens with zero attached hydrogens (tertiary/aromatic N) is 3. The molecule has 2 aromatic rings. The van der Waals surface area contributed by atoms with Gasteiger partial charge in [-0.15, -0.1) is 0 Å². The second kappa shape index (κ2) is 4.90. The topological polar surface area (TPSA) is 71.1 Å². The van der Waals surface area contributed by atoms with Crippen LogP contribution in [0.1, 0.15) is 16.8 Å². The smallest absolute Gasteiger partial charge is 0.235 e. The summed E-state index contributed by atoms with van der Waals surface area (Å²) in [5.41, 5.74) is 1.88. The Morgan fingerprint density at radius 2 is 2.06 bits per heavy atom. The first-order valence-electron chi connectivity index (χ1n) is 5.47. The summed E-state index contributed by atoms with van der Waals surface area (Å²) in [6.07, 6.45) is 0. The summed E-state index contributed by atoms with van der Waals surface area (Å²) >= 11 is 0. The van der Waals surface area contributed by atoms with Crippen LogP contribution in [-0.2, 0) is 13.7 Å². The summed E-state index contributed by atoms with van der Waals surface area (Å²) in [4.78, 5) is 0. The number of aromatic nitrogens is 2. The number of hydrogen-bond donors (Lipinski definition) is 1. The molecule has 1 N–H and O–H groups in total. The monoisotopic (exact) mass is 243 g/mol. The summed E-state index contributed by atoms with van der Waals surface area (Å²) in [5.74, 6) is 1.03. The number of benzene rings is 1. The standard InChI is InChI=1S/C13H13N3O2/c1-9-12(7-14)13(16(2)15-9)18-11-5-3-10(8-17)4-6-11/h3-6,17H,8H2,1-2H3. The quantitative estimate of drug-likeness (QED) is 0.893. The Morgan fingerprint density at radius 3 is 2.61 bits per heavy atom. The van der Waals surface area contributed by atoms with Crippen molar-refractivity contribution in [2.24, 2.45) is 7.05 Å². The van der Waals surface area contributed by atoms with Crippen molar-refractivity contribution in [3.8, 4) is 17.7 Å². The highest BCUT2D eigenvalue weighted by molar-refractivity contribution is 5.44. The molecular weight excluding hydrogens is 230 g/mol. The van der Waals surface area contributed by atoms with Crippen molar-refractivity contribution in [2.45, 2.75) is 13.5 Å². The lowest BCUT2D eigenvalue weighted by molar-refractivity contribution is 0.281. The molecule has 0 saturated carbocycles. The molecule has 5 nitrogen and oxygen atoms in total. The van der Waals surface area contributed by atoms with Gasteiger partial charge in [0.1, 0.15) is 17.4 Å². The third kappa shape index (κ3) is 2.19. The average Bonchev–Trinajstić information content (AvgIpc) is 2.64. The van der Waals surface area contributed by atoms with Gasteiger partial charge in [0.05, 0.1) is 12.3 Å². The maximum Gasteiger partial charge on any atom is 0.235 e. The van der Waals surface area contributed by atoms with Crippen LogP contribution in [0.25, 0.3) is 0 Å². The van der Waals surface area contributed by atoms with Crippen molar-refractivity contribution in [1.29, 1.82) is 5.26 Å². The lowest BCUT2D eigenvalue weighted by Crippen LogP contribution is -1.96. The SMILES string of the molecule is Cc1nn(C)c(Oc2ccc(CO)cc2)c1C#N. The number of aryl methyl sites for hydroxylation is 2. The van der Waals surface area contributed by atoms with Gasteiger partial charge in [0, 0.05) is 7.05 Å². The molecule has 0 spiro atoms. The lowest BCUT2D eigenvalue weighted by Gasteiger charge is -2.06. The Kier molecular flexibility index (Phi) is 3.31. The van der Waals surface area contributed by atoms with E-state index < -0.39 is 0 Å². The van der Waals surface area contributed by atoms with Crippen molar-refractivity contribution >= 4 is 0 Å². The van der Waals surface area contributed by atoms with E-state index in [-0.39, 0.29) is 6.61 Å². The molecule has 1 heterocycles.